The lowest BCUT2D eigenvalue weighted by Gasteiger charge is -2.35. The molecule has 2 atom stereocenters. The molecule has 0 aliphatic carbocycles. The Morgan fingerprint density at radius 2 is 1.36 bits per heavy atom. The largest absolute Gasteiger partial charge is 0.308 e. The number of hydrogen-bond acceptors (Lipinski definition) is 4. The summed E-state index contributed by atoms with van der Waals surface area (Å²) in [4.78, 5) is 0.178. The zero-order chi connectivity index (χ0) is 27.8. The number of aryl methyl sites for hydroxylation is 4. The smallest absolute Gasteiger partial charge is 0.256 e. The number of nitrogens with zero attached hydrogens (tertiary/aromatic N) is 1. The Kier molecular flexibility index (Phi) is 9.70. The molecule has 0 heterocycles. The normalized spacial score (nSPS) is 13.4. The molecule has 4 aromatic rings. The summed E-state index contributed by atoms with van der Waals surface area (Å²) in [6.45, 7) is 6.94. The molecule has 0 spiro atoms. The summed E-state index contributed by atoms with van der Waals surface area (Å²) in [5, 5.41) is 3.67. The van der Waals surface area contributed by atoms with Gasteiger partial charge in [-0.25, -0.2) is 8.42 Å². The van der Waals surface area contributed by atoms with Crippen LogP contribution in [0, 0.1) is 20.8 Å². The van der Waals surface area contributed by atoms with Crippen LogP contribution in [0.5, 0.6) is 0 Å². The van der Waals surface area contributed by atoms with Crippen molar-refractivity contribution in [2.24, 2.45) is 5.84 Å². The number of unbranched alkanes of at least 4 members (excludes halogenated alkanes) is 1. The van der Waals surface area contributed by atoms with E-state index >= 15 is 0 Å². The topological polar surface area (TPSA) is 75.4 Å². The highest BCUT2D eigenvalue weighted by molar-refractivity contribution is 7.89. The van der Waals surface area contributed by atoms with Crippen molar-refractivity contribution in [1.29, 1.82) is 0 Å². The minimum atomic E-state index is -3.96. The van der Waals surface area contributed by atoms with E-state index in [1.54, 1.807) is 24.3 Å². The first-order chi connectivity index (χ1) is 18.8. The van der Waals surface area contributed by atoms with Crippen LogP contribution < -0.4 is 11.2 Å². The number of sulfonamides is 1. The first-order valence-corrected chi connectivity index (χ1v) is 15.0. The number of benzene rings is 4. The molecule has 0 radical (unpaired) electrons. The molecule has 4 rings (SSSR count). The van der Waals surface area contributed by atoms with Gasteiger partial charge in [-0.1, -0.05) is 96.6 Å². The van der Waals surface area contributed by atoms with Crippen molar-refractivity contribution in [2.45, 2.75) is 57.0 Å². The van der Waals surface area contributed by atoms with Crippen LogP contribution in [-0.2, 0) is 16.4 Å². The lowest BCUT2D eigenvalue weighted by Crippen LogP contribution is -2.46. The molecule has 3 N–H and O–H groups in total. The molecule has 0 saturated carbocycles. The summed E-state index contributed by atoms with van der Waals surface area (Å²) < 4.78 is 28.5. The lowest BCUT2D eigenvalue weighted by molar-refractivity contribution is 0.261. The Balaban J connectivity index is 1.59. The molecule has 0 saturated heterocycles. The Labute approximate surface area is 233 Å². The Hall–Kier alpha value is -3.29. The minimum Gasteiger partial charge on any atom is -0.308 e. The van der Waals surface area contributed by atoms with Gasteiger partial charge in [-0.2, -0.15) is 0 Å². The monoisotopic (exact) mass is 541 g/mol. The van der Waals surface area contributed by atoms with Crippen molar-refractivity contribution in [3.63, 3.8) is 0 Å². The Morgan fingerprint density at radius 1 is 0.744 bits per heavy atom. The second-order valence-electron chi connectivity index (χ2n) is 10.2. The fraction of sp³-hybridized carbons (Fsp3) is 0.273. The SMILES string of the molecule is Cc1ccc(S(=O)(=O)N(N)[C@@H](c2ccccc2)[C@@H](NCCCCc2ccc(C)c(C)c2)c2ccccc2)cc1. The molecule has 0 aliphatic heterocycles. The molecule has 5 nitrogen and oxygen atoms in total. The van der Waals surface area contributed by atoms with E-state index in [4.69, 9.17) is 5.84 Å². The molecule has 6 heteroatoms. The summed E-state index contributed by atoms with van der Waals surface area (Å²) in [5.41, 5.74) is 6.77. The van der Waals surface area contributed by atoms with Crippen molar-refractivity contribution in [3.8, 4) is 0 Å². The van der Waals surface area contributed by atoms with Gasteiger partial charge in [0, 0.05) is 0 Å². The van der Waals surface area contributed by atoms with Gasteiger partial charge in [0.25, 0.3) is 10.0 Å². The first kappa shape index (κ1) is 28.7. The van der Waals surface area contributed by atoms with Crippen molar-refractivity contribution >= 4 is 10.0 Å². The molecule has 0 aliphatic rings. The van der Waals surface area contributed by atoms with Crippen LogP contribution in [0.2, 0.25) is 0 Å². The van der Waals surface area contributed by atoms with Crippen LogP contribution in [0.4, 0.5) is 0 Å². The van der Waals surface area contributed by atoms with Gasteiger partial charge in [0.2, 0.25) is 0 Å². The average Bonchev–Trinajstić information content (AvgIpc) is 2.95. The molecular weight excluding hydrogens is 502 g/mol. The van der Waals surface area contributed by atoms with Crippen molar-refractivity contribution < 1.29 is 8.42 Å². The van der Waals surface area contributed by atoms with Crippen LogP contribution in [0.3, 0.4) is 0 Å². The maximum Gasteiger partial charge on any atom is 0.256 e. The first-order valence-electron chi connectivity index (χ1n) is 13.5. The van der Waals surface area contributed by atoms with Gasteiger partial charge in [-0.3, -0.25) is 5.84 Å². The van der Waals surface area contributed by atoms with Crippen LogP contribution in [0.15, 0.2) is 108 Å². The van der Waals surface area contributed by atoms with Gasteiger partial charge in [-0.05, 0) is 86.5 Å². The van der Waals surface area contributed by atoms with Crippen molar-refractivity contribution in [3.05, 3.63) is 137 Å². The van der Waals surface area contributed by atoms with Crippen LogP contribution in [0.1, 0.15) is 58.3 Å². The number of rotatable bonds is 12. The van der Waals surface area contributed by atoms with E-state index in [9.17, 15) is 8.42 Å². The standard InChI is InChI=1S/C33H39N3O2S/c1-25-17-21-31(22-18-25)39(37,38)36(34)33(30-15-8-5-9-16-30)32(29-13-6-4-7-14-29)35-23-11-10-12-28-20-19-26(2)27(3)24-28/h4-9,13-22,24,32-33,35H,10-12,23,34H2,1-3H3/t32-,33-/m0/s1. The van der Waals surface area contributed by atoms with Gasteiger partial charge in [0.15, 0.2) is 0 Å². The summed E-state index contributed by atoms with van der Waals surface area (Å²) in [6.07, 6.45) is 2.99. The van der Waals surface area contributed by atoms with Crippen LogP contribution in [0.25, 0.3) is 0 Å². The summed E-state index contributed by atoms with van der Waals surface area (Å²) in [7, 11) is -3.96. The number of nitrogens with one attached hydrogen (secondary N) is 1. The molecule has 0 bridgehead atoms. The lowest BCUT2D eigenvalue weighted by atomic mass is 9.93. The highest BCUT2D eigenvalue weighted by Gasteiger charge is 2.36. The average molecular weight is 542 g/mol. The van der Waals surface area contributed by atoms with Crippen LogP contribution >= 0.6 is 0 Å². The predicted molar refractivity (Wildman–Crippen MR) is 160 cm³/mol. The number of hydrogen-bond donors (Lipinski definition) is 2. The van der Waals surface area contributed by atoms with E-state index < -0.39 is 16.1 Å². The number of nitrogens with two attached hydrogens (primary N) is 1. The molecular formula is C33H39N3O2S. The maximum absolute atomic E-state index is 13.8. The van der Waals surface area contributed by atoms with Gasteiger partial charge in [-0.15, -0.1) is 4.41 Å². The van der Waals surface area contributed by atoms with Crippen molar-refractivity contribution in [2.75, 3.05) is 6.54 Å². The minimum absolute atomic E-state index is 0.178. The quantitative estimate of drug-likeness (QED) is 0.121. The van der Waals surface area contributed by atoms with Gasteiger partial charge < -0.3 is 5.32 Å². The third-order valence-corrected chi connectivity index (χ3v) is 8.96. The molecule has 0 fully saturated rings. The van der Waals surface area contributed by atoms with E-state index in [0.717, 1.165) is 46.9 Å². The van der Waals surface area contributed by atoms with Gasteiger partial charge in [0.1, 0.15) is 0 Å². The fourth-order valence-corrected chi connectivity index (χ4v) is 6.13. The second-order valence-corrected chi connectivity index (χ2v) is 12.1. The van der Waals surface area contributed by atoms with E-state index in [-0.39, 0.29) is 10.9 Å². The molecule has 4 aromatic carbocycles. The molecule has 0 aromatic heterocycles. The highest BCUT2D eigenvalue weighted by Crippen LogP contribution is 2.36. The van der Waals surface area contributed by atoms with Gasteiger partial charge >= 0.3 is 0 Å². The third-order valence-electron chi connectivity index (χ3n) is 7.31. The number of hydrazine groups is 1. The molecule has 0 amide bonds. The highest BCUT2D eigenvalue weighted by atomic mass is 32.2. The Morgan fingerprint density at radius 3 is 1.97 bits per heavy atom. The summed E-state index contributed by atoms with van der Waals surface area (Å²) in [6, 6.07) is 32.1. The van der Waals surface area contributed by atoms with E-state index in [0.29, 0.717) is 0 Å². The van der Waals surface area contributed by atoms with E-state index in [2.05, 4.69) is 37.4 Å². The van der Waals surface area contributed by atoms with E-state index in [1.165, 1.54) is 16.7 Å². The fourth-order valence-electron chi connectivity index (χ4n) is 4.86. The third kappa shape index (κ3) is 7.22. The molecule has 204 valence electrons. The maximum atomic E-state index is 13.8. The van der Waals surface area contributed by atoms with Crippen LogP contribution in [-0.4, -0.2) is 19.4 Å². The zero-order valence-electron chi connectivity index (χ0n) is 23.0. The van der Waals surface area contributed by atoms with Gasteiger partial charge in [0.05, 0.1) is 17.0 Å². The van der Waals surface area contributed by atoms with E-state index in [1.807, 2.05) is 67.6 Å². The summed E-state index contributed by atoms with van der Waals surface area (Å²) >= 11 is 0. The second kappa shape index (κ2) is 13.2. The zero-order valence-corrected chi connectivity index (χ0v) is 23.9. The molecule has 39 heavy (non-hydrogen) atoms. The van der Waals surface area contributed by atoms with Crippen molar-refractivity contribution in [1.82, 2.24) is 9.73 Å². The Bertz CT molecular complexity index is 1440. The predicted octanol–water partition coefficient (Wildman–Crippen LogP) is 6.57. The molecule has 0 unspecified atom stereocenters. The summed E-state index contributed by atoms with van der Waals surface area (Å²) in [5.74, 6) is 6.57.